The Hall–Kier alpha value is -4.17. The maximum Gasteiger partial charge on any atom is 0.162 e. The lowest BCUT2D eigenvalue weighted by molar-refractivity contribution is 0.586. The van der Waals surface area contributed by atoms with Gasteiger partial charge in [-0.2, -0.15) is 0 Å². The average molecular weight is 480 g/mol. The third-order valence-electron chi connectivity index (χ3n) is 6.62. The van der Waals surface area contributed by atoms with Gasteiger partial charge < -0.3 is 15.5 Å². The molecule has 6 rings (SSSR count). The van der Waals surface area contributed by atoms with E-state index in [0.29, 0.717) is 17.2 Å². The van der Waals surface area contributed by atoms with Gasteiger partial charge in [0.1, 0.15) is 17.5 Å². The van der Waals surface area contributed by atoms with Crippen LogP contribution in [0.15, 0.2) is 73.2 Å². The van der Waals surface area contributed by atoms with E-state index in [1.807, 2.05) is 37.4 Å². The topological polar surface area (TPSA) is 78.9 Å². The van der Waals surface area contributed by atoms with E-state index in [4.69, 9.17) is 9.97 Å². The summed E-state index contributed by atoms with van der Waals surface area (Å²) in [6.45, 7) is 5.46. The summed E-state index contributed by atoms with van der Waals surface area (Å²) >= 11 is 0. The molecular formula is C28H26FN7. The van der Waals surface area contributed by atoms with Crippen molar-refractivity contribution in [1.82, 2.24) is 25.3 Å². The molecule has 1 fully saturated rings. The van der Waals surface area contributed by atoms with Crippen molar-refractivity contribution in [3.05, 3.63) is 90.2 Å². The Labute approximate surface area is 208 Å². The zero-order valence-electron chi connectivity index (χ0n) is 19.9. The van der Waals surface area contributed by atoms with E-state index >= 15 is 0 Å². The number of fused-ring (bicyclic) bond motifs is 1. The second-order valence-electron chi connectivity index (χ2n) is 8.99. The lowest BCUT2D eigenvalue weighted by Gasteiger charge is -2.30. The molecule has 1 aliphatic carbocycles. The first-order valence-corrected chi connectivity index (χ1v) is 12.1. The number of pyridine rings is 2. The minimum absolute atomic E-state index is 0.244. The summed E-state index contributed by atoms with van der Waals surface area (Å²) in [7, 11) is 0. The van der Waals surface area contributed by atoms with Gasteiger partial charge in [-0.1, -0.05) is 36.4 Å². The predicted molar refractivity (Wildman–Crippen MR) is 141 cm³/mol. The summed E-state index contributed by atoms with van der Waals surface area (Å²) in [5.41, 5.74) is 4.41. The first kappa shape index (κ1) is 22.3. The lowest BCUT2D eigenvalue weighted by atomic mass is 9.97. The van der Waals surface area contributed by atoms with Crippen molar-refractivity contribution in [2.75, 3.05) is 36.4 Å². The second-order valence-corrected chi connectivity index (χ2v) is 8.99. The molecule has 3 aromatic heterocycles. The number of hydrogen-bond acceptors (Lipinski definition) is 7. The van der Waals surface area contributed by atoms with E-state index in [0.717, 1.165) is 59.6 Å². The predicted octanol–water partition coefficient (Wildman–Crippen LogP) is 4.76. The SMILES string of the molecule is C[C@@H](Nc1cc(-c2nc(N3CCNCC3)c3c(C4=CC=C4)cncc3n2)ccn1)c1ccccc1F. The fraction of sp³-hybridized carbons (Fsp3) is 0.214. The number of allylic oxidation sites excluding steroid dienone is 4. The quantitative estimate of drug-likeness (QED) is 0.413. The van der Waals surface area contributed by atoms with Crippen LogP contribution in [-0.2, 0) is 0 Å². The maximum absolute atomic E-state index is 14.3. The Bertz CT molecular complexity index is 1490. The van der Waals surface area contributed by atoms with Crippen LogP contribution in [-0.4, -0.2) is 46.1 Å². The van der Waals surface area contributed by atoms with Gasteiger partial charge >= 0.3 is 0 Å². The van der Waals surface area contributed by atoms with Gasteiger partial charge in [0.25, 0.3) is 0 Å². The van der Waals surface area contributed by atoms with Gasteiger partial charge in [0, 0.05) is 55.3 Å². The van der Waals surface area contributed by atoms with Crippen molar-refractivity contribution >= 4 is 28.1 Å². The molecule has 7 nitrogen and oxygen atoms in total. The van der Waals surface area contributed by atoms with Gasteiger partial charge in [-0.25, -0.2) is 19.3 Å². The summed E-state index contributed by atoms with van der Waals surface area (Å²) in [5, 5.41) is 7.75. The highest BCUT2D eigenvalue weighted by Gasteiger charge is 2.22. The van der Waals surface area contributed by atoms with Crippen LogP contribution in [0.5, 0.6) is 0 Å². The molecule has 0 radical (unpaired) electrons. The minimum Gasteiger partial charge on any atom is -0.363 e. The number of anilines is 2. The highest BCUT2D eigenvalue weighted by molar-refractivity contribution is 6.02. The van der Waals surface area contributed by atoms with E-state index in [1.165, 1.54) is 6.07 Å². The number of rotatable bonds is 6. The highest BCUT2D eigenvalue weighted by Crippen LogP contribution is 2.35. The smallest absolute Gasteiger partial charge is 0.162 e. The molecular weight excluding hydrogens is 453 g/mol. The van der Waals surface area contributed by atoms with E-state index in [9.17, 15) is 4.39 Å². The third-order valence-corrected chi connectivity index (χ3v) is 6.62. The normalized spacial score (nSPS) is 15.9. The van der Waals surface area contributed by atoms with Crippen molar-refractivity contribution in [2.45, 2.75) is 13.0 Å². The van der Waals surface area contributed by atoms with Gasteiger partial charge in [-0.15, -0.1) is 0 Å². The molecule has 180 valence electrons. The molecule has 1 aromatic carbocycles. The zero-order chi connectivity index (χ0) is 24.5. The third kappa shape index (κ3) is 4.20. The summed E-state index contributed by atoms with van der Waals surface area (Å²) in [4.78, 5) is 21.2. The monoisotopic (exact) mass is 479 g/mol. The van der Waals surface area contributed by atoms with Crippen LogP contribution >= 0.6 is 0 Å². The van der Waals surface area contributed by atoms with Crippen molar-refractivity contribution < 1.29 is 4.39 Å². The summed E-state index contributed by atoms with van der Waals surface area (Å²) in [5.74, 6) is 1.91. The summed E-state index contributed by atoms with van der Waals surface area (Å²) in [6, 6.07) is 10.3. The Morgan fingerprint density at radius 3 is 2.69 bits per heavy atom. The number of benzene rings is 1. The molecule has 2 aliphatic rings. The first-order chi connectivity index (χ1) is 17.7. The number of nitrogens with zero attached hydrogens (tertiary/aromatic N) is 5. The Kier molecular flexibility index (Phi) is 5.87. The van der Waals surface area contributed by atoms with Crippen LogP contribution in [0, 0.1) is 5.82 Å². The van der Waals surface area contributed by atoms with E-state index in [1.54, 1.807) is 24.5 Å². The molecule has 0 unspecified atom stereocenters. The number of nitrogens with one attached hydrogen (secondary N) is 2. The number of aromatic nitrogens is 4. The van der Waals surface area contributed by atoms with E-state index in [2.05, 4.69) is 37.7 Å². The highest BCUT2D eigenvalue weighted by atomic mass is 19.1. The molecule has 1 saturated heterocycles. The first-order valence-electron chi connectivity index (χ1n) is 12.1. The van der Waals surface area contributed by atoms with Crippen molar-refractivity contribution in [3.8, 4) is 11.4 Å². The minimum atomic E-state index is -0.251. The molecule has 1 atom stereocenters. The fourth-order valence-corrected chi connectivity index (χ4v) is 4.66. The molecule has 0 spiro atoms. The number of hydrogen-bond donors (Lipinski definition) is 2. The van der Waals surface area contributed by atoms with E-state index < -0.39 is 0 Å². The van der Waals surface area contributed by atoms with Crippen LogP contribution in [0.25, 0.3) is 27.9 Å². The maximum atomic E-state index is 14.3. The van der Waals surface area contributed by atoms with Gasteiger partial charge in [-0.3, -0.25) is 4.98 Å². The van der Waals surface area contributed by atoms with Gasteiger partial charge in [0.05, 0.1) is 23.1 Å². The number of halogens is 1. The van der Waals surface area contributed by atoms with Crippen LogP contribution in [0.1, 0.15) is 24.1 Å². The largest absolute Gasteiger partial charge is 0.363 e. The molecule has 36 heavy (non-hydrogen) atoms. The van der Waals surface area contributed by atoms with Gasteiger partial charge in [0.2, 0.25) is 0 Å². The fourth-order valence-electron chi connectivity index (χ4n) is 4.66. The molecule has 8 heteroatoms. The Balaban J connectivity index is 1.41. The zero-order valence-corrected chi connectivity index (χ0v) is 19.9. The van der Waals surface area contributed by atoms with Crippen LogP contribution in [0.4, 0.5) is 16.0 Å². The molecule has 0 saturated carbocycles. The van der Waals surface area contributed by atoms with Crippen LogP contribution in [0.3, 0.4) is 0 Å². The second kappa shape index (κ2) is 9.47. The summed E-state index contributed by atoms with van der Waals surface area (Å²) in [6.07, 6.45) is 11.6. The number of piperazine rings is 1. The molecule has 0 amide bonds. The molecule has 2 N–H and O–H groups in total. The molecule has 1 aliphatic heterocycles. The molecule has 4 aromatic rings. The standard InChI is InChI=1S/C28H26FN7/c1-18(21-7-2-3-8-23(21)29)33-25-15-20(9-10-32-25)27-34-24-17-31-16-22(19-5-4-6-19)26(24)28(35-27)36-13-11-30-12-14-36/h2-10,15-18,30H,11-14H2,1H3,(H,32,33)/t18-/m1/s1. The average Bonchev–Trinajstić information content (AvgIpc) is 2.88. The Morgan fingerprint density at radius 2 is 1.92 bits per heavy atom. The summed E-state index contributed by atoms with van der Waals surface area (Å²) < 4.78 is 14.3. The van der Waals surface area contributed by atoms with Crippen LogP contribution < -0.4 is 15.5 Å². The van der Waals surface area contributed by atoms with Crippen molar-refractivity contribution in [2.24, 2.45) is 0 Å². The van der Waals surface area contributed by atoms with Crippen molar-refractivity contribution in [1.29, 1.82) is 0 Å². The molecule has 4 heterocycles. The van der Waals surface area contributed by atoms with Crippen molar-refractivity contribution in [3.63, 3.8) is 0 Å². The van der Waals surface area contributed by atoms with Crippen LogP contribution in [0.2, 0.25) is 0 Å². The lowest BCUT2D eigenvalue weighted by Crippen LogP contribution is -2.44. The molecule has 0 bridgehead atoms. The van der Waals surface area contributed by atoms with E-state index in [-0.39, 0.29) is 11.9 Å². The van der Waals surface area contributed by atoms with Gasteiger partial charge in [0.15, 0.2) is 5.82 Å². The van der Waals surface area contributed by atoms with Gasteiger partial charge in [-0.05, 0) is 30.7 Å². The Morgan fingerprint density at radius 1 is 1.08 bits per heavy atom.